The quantitative estimate of drug-likeness (QED) is 0.689. The Kier molecular flexibility index (Phi) is 3.76. The predicted molar refractivity (Wildman–Crippen MR) is 76.3 cm³/mol. The number of nitrogens with zero attached hydrogens (tertiary/aromatic N) is 1. The number of carbonyl (C=O) groups excluding carboxylic acids is 1. The van der Waals surface area contributed by atoms with Gasteiger partial charge in [-0.15, -0.1) is 0 Å². The lowest BCUT2D eigenvalue weighted by Crippen LogP contribution is -2.12. The summed E-state index contributed by atoms with van der Waals surface area (Å²) in [6.45, 7) is 1.44. The smallest absolute Gasteiger partial charge is 0.282 e. The maximum atomic E-state index is 12.1. The molecule has 2 aromatic rings. The van der Waals surface area contributed by atoms with Crippen molar-refractivity contribution in [2.45, 2.75) is 11.8 Å². The Balaban J connectivity index is 2.24. The fourth-order valence-corrected chi connectivity index (χ4v) is 2.57. The summed E-state index contributed by atoms with van der Waals surface area (Å²) in [6.07, 6.45) is 0. The van der Waals surface area contributed by atoms with Crippen LogP contribution in [-0.2, 0) is 10.0 Å². The van der Waals surface area contributed by atoms with E-state index in [0.717, 1.165) is 0 Å². The number of benzene rings is 2. The molecule has 0 aromatic heterocycles. The number of anilines is 1. The van der Waals surface area contributed by atoms with Crippen molar-refractivity contribution in [2.75, 3.05) is 5.73 Å². The van der Waals surface area contributed by atoms with Gasteiger partial charge in [0.15, 0.2) is 5.78 Å². The SMILES string of the molecule is CC(=O)c1ccc([N]S(=O)(=O)c2ccc(N)cc2)cc1. The lowest BCUT2D eigenvalue weighted by atomic mass is 10.1. The van der Waals surface area contributed by atoms with Gasteiger partial charge in [-0.25, -0.2) is 0 Å². The minimum atomic E-state index is -3.78. The summed E-state index contributed by atoms with van der Waals surface area (Å²) in [4.78, 5) is 11.2. The highest BCUT2D eigenvalue weighted by Crippen LogP contribution is 2.18. The molecule has 0 aliphatic carbocycles. The monoisotopic (exact) mass is 289 g/mol. The van der Waals surface area contributed by atoms with Gasteiger partial charge < -0.3 is 5.73 Å². The highest BCUT2D eigenvalue weighted by atomic mass is 32.2. The second kappa shape index (κ2) is 5.34. The molecule has 0 spiro atoms. The Morgan fingerprint density at radius 2 is 1.55 bits per heavy atom. The summed E-state index contributed by atoms with van der Waals surface area (Å²) in [5, 5.41) is 0. The van der Waals surface area contributed by atoms with Gasteiger partial charge in [0.05, 0.1) is 10.6 Å². The lowest BCUT2D eigenvalue weighted by Gasteiger charge is -2.05. The molecule has 2 rings (SSSR count). The highest BCUT2D eigenvalue weighted by Gasteiger charge is 2.16. The van der Waals surface area contributed by atoms with Crippen LogP contribution in [0.5, 0.6) is 0 Å². The number of ketones is 1. The van der Waals surface area contributed by atoms with Crippen LogP contribution in [0.3, 0.4) is 0 Å². The summed E-state index contributed by atoms with van der Waals surface area (Å²) in [7, 11) is -3.78. The molecule has 5 nitrogen and oxygen atoms in total. The first kappa shape index (κ1) is 14.1. The molecule has 0 bridgehead atoms. The summed E-state index contributed by atoms with van der Waals surface area (Å²) in [6, 6.07) is 11.9. The van der Waals surface area contributed by atoms with E-state index < -0.39 is 10.0 Å². The van der Waals surface area contributed by atoms with Gasteiger partial charge in [-0.3, -0.25) is 4.79 Å². The predicted octanol–water partition coefficient (Wildman–Crippen LogP) is 2.10. The van der Waals surface area contributed by atoms with Gasteiger partial charge in [0.25, 0.3) is 10.0 Å². The molecule has 0 unspecified atom stereocenters. The number of sulfonamides is 1. The van der Waals surface area contributed by atoms with Crippen molar-refractivity contribution in [2.24, 2.45) is 0 Å². The summed E-state index contributed by atoms with van der Waals surface area (Å²) in [5.41, 5.74) is 6.77. The van der Waals surface area contributed by atoms with Crippen LogP contribution in [0.1, 0.15) is 17.3 Å². The van der Waals surface area contributed by atoms with E-state index in [4.69, 9.17) is 5.73 Å². The Morgan fingerprint density at radius 1 is 1.00 bits per heavy atom. The molecule has 6 heteroatoms. The molecule has 0 amide bonds. The Bertz CT molecular complexity index is 720. The van der Waals surface area contributed by atoms with Crippen molar-refractivity contribution in [3.8, 4) is 0 Å². The van der Waals surface area contributed by atoms with Gasteiger partial charge in [-0.2, -0.15) is 13.1 Å². The molecule has 1 radical (unpaired) electrons. The van der Waals surface area contributed by atoms with Crippen LogP contribution in [-0.4, -0.2) is 14.2 Å². The van der Waals surface area contributed by atoms with Crippen LogP contribution in [0.15, 0.2) is 53.4 Å². The topological polar surface area (TPSA) is 91.3 Å². The first-order valence-corrected chi connectivity index (χ1v) is 7.27. The van der Waals surface area contributed by atoms with Crippen LogP contribution in [0, 0.1) is 0 Å². The van der Waals surface area contributed by atoms with Crippen LogP contribution in [0.2, 0.25) is 0 Å². The Morgan fingerprint density at radius 3 is 2.05 bits per heavy atom. The standard InChI is InChI=1S/C14H13N2O3S/c1-10(17)11-2-6-13(7-3-11)16-20(18,19)14-8-4-12(15)5-9-14/h2-9H,15H2,1H3. The molecule has 0 atom stereocenters. The van der Waals surface area contributed by atoms with E-state index >= 15 is 0 Å². The van der Waals surface area contributed by atoms with Gasteiger partial charge in [0.2, 0.25) is 0 Å². The number of rotatable bonds is 4. The molecule has 0 fully saturated rings. The maximum absolute atomic E-state index is 12.1. The summed E-state index contributed by atoms with van der Waals surface area (Å²) >= 11 is 0. The number of hydrogen-bond donors (Lipinski definition) is 1. The summed E-state index contributed by atoms with van der Waals surface area (Å²) in [5.74, 6) is -0.0852. The molecule has 0 aliphatic rings. The van der Waals surface area contributed by atoms with Crippen LogP contribution in [0.4, 0.5) is 11.4 Å². The Hall–Kier alpha value is -2.34. The van der Waals surface area contributed by atoms with E-state index in [-0.39, 0.29) is 16.4 Å². The Labute approximate surface area is 117 Å². The molecule has 2 aromatic carbocycles. The number of nitrogen functional groups attached to an aromatic ring is 1. The molecule has 0 heterocycles. The largest absolute Gasteiger partial charge is 0.399 e. The zero-order valence-corrected chi connectivity index (χ0v) is 11.6. The first-order chi connectivity index (χ1) is 9.38. The third kappa shape index (κ3) is 3.16. The van der Waals surface area contributed by atoms with E-state index in [2.05, 4.69) is 4.72 Å². The van der Waals surface area contributed by atoms with Crippen LogP contribution in [0.25, 0.3) is 0 Å². The van der Waals surface area contributed by atoms with Crippen molar-refractivity contribution < 1.29 is 13.2 Å². The summed E-state index contributed by atoms with van der Waals surface area (Å²) < 4.78 is 27.8. The van der Waals surface area contributed by atoms with Gasteiger partial charge in [0.1, 0.15) is 0 Å². The zero-order valence-electron chi connectivity index (χ0n) is 10.8. The second-order valence-electron chi connectivity index (χ2n) is 4.24. The number of hydrogen-bond acceptors (Lipinski definition) is 4. The second-order valence-corrected chi connectivity index (χ2v) is 5.84. The first-order valence-electron chi connectivity index (χ1n) is 5.83. The van der Waals surface area contributed by atoms with E-state index in [0.29, 0.717) is 11.3 Å². The number of nitrogens with two attached hydrogens (primary N) is 1. The molecule has 2 N–H and O–H groups in total. The average molecular weight is 289 g/mol. The molecule has 0 saturated carbocycles. The molecule has 103 valence electrons. The molecular weight excluding hydrogens is 276 g/mol. The fourth-order valence-electron chi connectivity index (χ4n) is 1.59. The van der Waals surface area contributed by atoms with Crippen molar-refractivity contribution in [3.05, 3.63) is 54.1 Å². The molecule has 20 heavy (non-hydrogen) atoms. The minimum Gasteiger partial charge on any atom is -0.399 e. The highest BCUT2D eigenvalue weighted by molar-refractivity contribution is 7.89. The normalized spacial score (nSPS) is 11.1. The van der Waals surface area contributed by atoms with Crippen molar-refractivity contribution in [3.63, 3.8) is 0 Å². The lowest BCUT2D eigenvalue weighted by molar-refractivity contribution is 0.101. The van der Waals surface area contributed by atoms with E-state index in [9.17, 15) is 13.2 Å². The fraction of sp³-hybridized carbons (Fsp3) is 0.0714. The minimum absolute atomic E-state index is 0.0716. The maximum Gasteiger partial charge on any atom is 0.282 e. The third-order valence-electron chi connectivity index (χ3n) is 2.68. The van der Waals surface area contributed by atoms with Crippen LogP contribution >= 0.6 is 0 Å². The van der Waals surface area contributed by atoms with Crippen molar-refractivity contribution in [1.82, 2.24) is 4.72 Å². The third-order valence-corrected chi connectivity index (χ3v) is 4.00. The van der Waals surface area contributed by atoms with Crippen molar-refractivity contribution in [1.29, 1.82) is 0 Å². The van der Waals surface area contributed by atoms with E-state index in [1.807, 2.05) is 0 Å². The van der Waals surface area contributed by atoms with Gasteiger partial charge in [0, 0.05) is 11.3 Å². The van der Waals surface area contributed by atoms with Crippen LogP contribution < -0.4 is 10.5 Å². The molecular formula is C14H13N2O3S. The average Bonchev–Trinajstić information content (AvgIpc) is 2.39. The number of carbonyl (C=O) groups is 1. The van der Waals surface area contributed by atoms with Gasteiger partial charge in [-0.1, -0.05) is 0 Å². The van der Waals surface area contributed by atoms with Crippen molar-refractivity contribution >= 4 is 27.2 Å². The molecule has 0 saturated heterocycles. The van der Waals surface area contributed by atoms with E-state index in [1.165, 1.54) is 43.3 Å². The number of Topliss-reactive ketones (excluding diaryl/α,β-unsaturated/α-hetero) is 1. The van der Waals surface area contributed by atoms with Gasteiger partial charge >= 0.3 is 0 Å². The van der Waals surface area contributed by atoms with E-state index in [1.54, 1.807) is 12.1 Å². The molecule has 0 aliphatic heterocycles. The zero-order chi connectivity index (χ0) is 14.8. The van der Waals surface area contributed by atoms with Gasteiger partial charge in [-0.05, 0) is 55.5 Å².